The van der Waals surface area contributed by atoms with Gasteiger partial charge in [0.05, 0.1) is 5.56 Å². The van der Waals surface area contributed by atoms with E-state index in [1.807, 2.05) is 6.07 Å². The van der Waals surface area contributed by atoms with Crippen molar-refractivity contribution in [3.8, 4) is 0 Å². The largest absolute Gasteiger partial charge is 0.398 e. The molecular formula is C14H23N3O2. The Balaban J connectivity index is 2.89. The van der Waals surface area contributed by atoms with Crippen LogP contribution in [0.25, 0.3) is 0 Å². The van der Waals surface area contributed by atoms with Crippen molar-refractivity contribution in [3.63, 3.8) is 0 Å². The highest BCUT2D eigenvalue weighted by Gasteiger charge is 2.11. The number of anilines is 2. The third-order valence-electron chi connectivity index (χ3n) is 2.94. The fraction of sp³-hybridized carbons (Fsp3) is 0.500. The van der Waals surface area contributed by atoms with Crippen LogP contribution in [0.15, 0.2) is 18.2 Å². The Bertz CT molecular complexity index is 421. The van der Waals surface area contributed by atoms with Gasteiger partial charge >= 0.3 is 0 Å². The van der Waals surface area contributed by atoms with Gasteiger partial charge in [0.15, 0.2) is 0 Å². The minimum Gasteiger partial charge on any atom is -0.398 e. The Morgan fingerprint density at radius 1 is 1.37 bits per heavy atom. The highest BCUT2D eigenvalue weighted by Crippen LogP contribution is 2.21. The summed E-state index contributed by atoms with van der Waals surface area (Å²) in [6, 6.07) is 5.42. The Morgan fingerprint density at radius 2 is 2.11 bits per heavy atom. The van der Waals surface area contributed by atoms with E-state index < -0.39 is 5.91 Å². The maximum atomic E-state index is 11.3. The molecule has 0 aliphatic carbocycles. The van der Waals surface area contributed by atoms with Crippen molar-refractivity contribution in [1.29, 1.82) is 0 Å². The predicted octanol–water partition coefficient (Wildman–Crippen LogP) is 1.62. The number of carbonyl (C=O) groups is 1. The predicted molar refractivity (Wildman–Crippen MR) is 78.4 cm³/mol. The molecule has 0 radical (unpaired) electrons. The first kappa shape index (κ1) is 15.3. The molecule has 0 spiro atoms. The minimum absolute atomic E-state index is 0.380. The molecule has 0 aliphatic heterocycles. The summed E-state index contributed by atoms with van der Waals surface area (Å²) in [7, 11) is 1.69. The van der Waals surface area contributed by atoms with E-state index in [1.54, 1.807) is 19.2 Å². The van der Waals surface area contributed by atoms with Gasteiger partial charge in [-0.25, -0.2) is 0 Å². The summed E-state index contributed by atoms with van der Waals surface area (Å²) in [5, 5.41) is 0. The van der Waals surface area contributed by atoms with Gasteiger partial charge in [-0.05, 0) is 31.0 Å². The first-order valence-electron chi connectivity index (χ1n) is 6.53. The molecule has 1 aromatic rings. The molecule has 0 unspecified atom stereocenters. The first-order chi connectivity index (χ1) is 9.10. The molecule has 106 valence electrons. The van der Waals surface area contributed by atoms with Crippen LogP contribution in [-0.2, 0) is 4.74 Å². The van der Waals surface area contributed by atoms with Crippen molar-refractivity contribution < 1.29 is 9.53 Å². The molecule has 0 heterocycles. The average molecular weight is 265 g/mol. The van der Waals surface area contributed by atoms with Gasteiger partial charge in [0, 0.05) is 38.2 Å². The van der Waals surface area contributed by atoms with Crippen LogP contribution in [0.1, 0.15) is 30.1 Å². The van der Waals surface area contributed by atoms with Crippen molar-refractivity contribution >= 4 is 17.3 Å². The smallest absolute Gasteiger partial charge is 0.250 e. The summed E-state index contributed by atoms with van der Waals surface area (Å²) in [5.74, 6) is -0.493. The molecular weight excluding hydrogens is 242 g/mol. The molecule has 1 aromatic carbocycles. The number of amides is 1. The van der Waals surface area contributed by atoms with Crippen molar-refractivity contribution in [2.75, 3.05) is 37.4 Å². The topological polar surface area (TPSA) is 81.6 Å². The normalized spacial score (nSPS) is 10.4. The summed E-state index contributed by atoms with van der Waals surface area (Å²) < 4.78 is 5.07. The summed E-state index contributed by atoms with van der Waals surface area (Å²) in [4.78, 5) is 13.5. The molecule has 19 heavy (non-hydrogen) atoms. The van der Waals surface area contributed by atoms with Crippen molar-refractivity contribution in [2.45, 2.75) is 19.8 Å². The number of hydrogen-bond donors (Lipinski definition) is 2. The van der Waals surface area contributed by atoms with Gasteiger partial charge in [-0.1, -0.05) is 6.92 Å². The second-order valence-corrected chi connectivity index (χ2v) is 4.47. The van der Waals surface area contributed by atoms with Gasteiger partial charge in [-0.2, -0.15) is 0 Å². The standard InChI is InChI=1S/C14H23N3O2/c1-3-7-17(8-4-9-19-2)11-5-6-13(15)12(10-11)14(16)18/h5-6,10H,3-4,7-9,15H2,1-2H3,(H2,16,18). The number of benzene rings is 1. The third-order valence-corrected chi connectivity index (χ3v) is 2.94. The zero-order valence-electron chi connectivity index (χ0n) is 11.7. The fourth-order valence-corrected chi connectivity index (χ4v) is 1.99. The first-order valence-corrected chi connectivity index (χ1v) is 6.53. The molecule has 5 heteroatoms. The molecule has 0 aliphatic rings. The SMILES string of the molecule is CCCN(CCCOC)c1ccc(N)c(C(N)=O)c1. The second-order valence-electron chi connectivity index (χ2n) is 4.47. The Morgan fingerprint density at radius 3 is 2.68 bits per heavy atom. The van der Waals surface area contributed by atoms with Crippen LogP contribution >= 0.6 is 0 Å². The quantitative estimate of drug-likeness (QED) is 0.553. The fourth-order valence-electron chi connectivity index (χ4n) is 1.99. The lowest BCUT2D eigenvalue weighted by atomic mass is 10.1. The number of hydrogen-bond acceptors (Lipinski definition) is 4. The van der Waals surface area contributed by atoms with E-state index in [9.17, 15) is 4.79 Å². The second kappa shape index (κ2) is 7.63. The Labute approximate surface area is 114 Å². The van der Waals surface area contributed by atoms with Crippen LogP contribution in [0.4, 0.5) is 11.4 Å². The number of nitrogens with two attached hydrogens (primary N) is 2. The third kappa shape index (κ3) is 4.44. The highest BCUT2D eigenvalue weighted by atomic mass is 16.5. The van der Waals surface area contributed by atoms with E-state index in [2.05, 4.69) is 11.8 Å². The molecule has 0 saturated heterocycles. The molecule has 0 bridgehead atoms. The number of carbonyl (C=O) groups excluding carboxylic acids is 1. The molecule has 0 aromatic heterocycles. The van der Waals surface area contributed by atoms with Gasteiger partial charge < -0.3 is 21.1 Å². The number of ether oxygens (including phenoxy) is 1. The minimum atomic E-state index is -0.493. The number of methoxy groups -OCH3 is 1. The van der Waals surface area contributed by atoms with Crippen LogP contribution in [0, 0.1) is 0 Å². The number of primary amides is 1. The van der Waals surface area contributed by atoms with E-state index >= 15 is 0 Å². The van der Waals surface area contributed by atoms with E-state index in [0.717, 1.165) is 38.2 Å². The van der Waals surface area contributed by atoms with Crippen molar-refractivity contribution in [3.05, 3.63) is 23.8 Å². The van der Waals surface area contributed by atoms with Gasteiger partial charge in [0.2, 0.25) is 0 Å². The summed E-state index contributed by atoms with van der Waals surface area (Å²) in [6.45, 7) is 4.64. The van der Waals surface area contributed by atoms with Gasteiger partial charge in [0.1, 0.15) is 0 Å². The Kier molecular flexibility index (Phi) is 6.15. The zero-order chi connectivity index (χ0) is 14.3. The monoisotopic (exact) mass is 265 g/mol. The lowest BCUT2D eigenvalue weighted by Gasteiger charge is -2.25. The lowest BCUT2D eigenvalue weighted by Crippen LogP contribution is -2.26. The molecule has 0 atom stereocenters. The summed E-state index contributed by atoms with van der Waals surface area (Å²) in [5.41, 5.74) is 12.8. The van der Waals surface area contributed by atoms with E-state index in [1.165, 1.54) is 0 Å². The van der Waals surface area contributed by atoms with Crippen LogP contribution in [0.2, 0.25) is 0 Å². The molecule has 1 amide bonds. The van der Waals surface area contributed by atoms with Crippen molar-refractivity contribution in [1.82, 2.24) is 0 Å². The molecule has 5 nitrogen and oxygen atoms in total. The lowest BCUT2D eigenvalue weighted by molar-refractivity contribution is 0.100. The van der Waals surface area contributed by atoms with E-state index in [0.29, 0.717) is 11.3 Å². The van der Waals surface area contributed by atoms with E-state index in [-0.39, 0.29) is 0 Å². The van der Waals surface area contributed by atoms with Gasteiger partial charge in [0.25, 0.3) is 5.91 Å². The number of nitrogen functional groups attached to an aromatic ring is 1. The van der Waals surface area contributed by atoms with Crippen LogP contribution in [-0.4, -0.2) is 32.7 Å². The Hall–Kier alpha value is -1.75. The van der Waals surface area contributed by atoms with Crippen LogP contribution in [0.5, 0.6) is 0 Å². The van der Waals surface area contributed by atoms with Crippen LogP contribution < -0.4 is 16.4 Å². The maximum absolute atomic E-state index is 11.3. The average Bonchev–Trinajstić information content (AvgIpc) is 2.38. The zero-order valence-corrected chi connectivity index (χ0v) is 11.7. The highest BCUT2D eigenvalue weighted by molar-refractivity contribution is 5.99. The van der Waals surface area contributed by atoms with Gasteiger partial charge in [-0.3, -0.25) is 4.79 Å². The summed E-state index contributed by atoms with van der Waals surface area (Å²) >= 11 is 0. The maximum Gasteiger partial charge on any atom is 0.250 e. The number of nitrogens with zero attached hydrogens (tertiary/aromatic N) is 1. The van der Waals surface area contributed by atoms with E-state index in [4.69, 9.17) is 16.2 Å². The van der Waals surface area contributed by atoms with Gasteiger partial charge in [-0.15, -0.1) is 0 Å². The molecule has 0 saturated carbocycles. The summed E-state index contributed by atoms with van der Waals surface area (Å²) in [6.07, 6.45) is 1.97. The molecule has 0 fully saturated rings. The number of rotatable bonds is 8. The van der Waals surface area contributed by atoms with Crippen molar-refractivity contribution in [2.24, 2.45) is 5.73 Å². The molecule has 4 N–H and O–H groups in total. The molecule has 1 rings (SSSR count). The van der Waals surface area contributed by atoms with Crippen LogP contribution in [0.3, 0.4) is 0 Å².